The van der Waals surface area contributed by atoms with Gasteiger partial charge in [-0.15, -0.1) is 0 Å². The summed E-state index contributed by atoms with van der Waals surface area (Å²) in [6, 6.07) is 10.0. The van der Waals surface area contributed by atoms with E-state index in [2.05, 4.69) is 11.9 Å². The van der Waals surface area contributed by atoms with Crippen molar-refractivity contribution in [3.63, 3.8) is 0 Å². The zero-order valence-electron chi connectivity index (χ0n) is 14.0. The zero-order chi connectivity index (χ0) is 17.1. The molecule has 1 atom stereocenters. The van der Waals surface area contributed by atoms with Crippen molar-refractivity contribution < 1.29 is 14.4 Å². The van der Waals surface area contributed by atoms with E-state index in [0.717, 1.165) is 18.7 Å². The Bertz CT molecular complexity index is 616. The molecule has 0 spiro atoms. The number of nitrogens with zero attached hydrogens (tertiary/aromatic N) is 3. The average molecular weight is 329 g/mol. The third-order valence-corrected chi connectivity index (χ3v) is 4.79. The molecule has 0 aromatic heterocycles. The lowest BCUT2D eigenvalue weighted by atomic mass is 10.0. The highest BCUT2D eigenvalue weighted by molar-refractivity contribution is 6.02. The van der Waals surface area contributed by atoms with Gasteiger partial charge in [0.25, 0.3) is 0 Å². The molecule has 6 heteroatoms. The summed E-state index contributed by atoms with van der Waals surface area (Å²) in [6.07, 6.45) is 0.743. The molecule has 3 amide bonds. The predicted molar refractivity (Wildman–Crippen MR) is 89.0 cm³/mol. The Kier molecular flexibility index (Phi) is 4.94. The van der Waals surface area contributed by atoms with Crippen molar-refractivity contribution in [1.82, 2.24) is 14.7 Å². The molecule has 0 bridgehead atoms. The maximum Gasteiger partial charge on any atom is 0.229 e. The Balaban J connectivity index is 1.67. The van der Waals surface area contributed by atoms with Crippen LogP contribution in [0.15, 0.2) is 30.3 Å². The summed E-state index contributed by atoms with van der Waals surface area (Å²) >= 11 is 0. The molecular formula is C18H23N3O3. The second-order valence-electron chi connectivity index (χ2n) is 6.46. The average Bonchev–Trinajstić information content (AvgIpc) is 2.91. The molecule has 3 rings (SSSR count). The predicted octanol–water partition coefficient (Wildman–Crippen LogP) is 1.04. The molecular weight excluding hydrogens is 306 g/mol. The second kappa shape index (κ2) is 7.13. The molecule has 2 fully saturated rings. The van der Waals surface area contributed by atoms with Crippen molar-refractivity contribution in [2.75, 3.05) is 33.2 Å². The van der Waals surface area contributed by atoms with Gasteiger partial charge in [0.15, 0.2) is 0 Å². The van der Waals surface area contributed by atoms with Crippen LogP contribution in [0.4, 0.5) is 0 Å². The van der Waals surface area contributed by atoms with Crippen LogP contribution in [0, 0.1) is 0 Å². The molecule has 1 aromatic carbocycles. The fourth-order valence-corrected chi connectivity index (χ4v) is 3.40. The van der Waals surface area contributed by atoms with Crippen molar-refractivity contribution in [3.8, 4) is 0 Å². The molecule has 1 aromatic rings. The number of benzene rings is 1. The van der Waals surface area contributed by atoms with E-state index < -0.39 is 0 Å². The molecule has 2 aliphatic rings. The van der Waals surface area contributed by atoms with Crippen LogP contribution in [0.5, 0.6) is 0 Å². The van der Waals surface area contributed by atoms with Gasteiger partial charge in [-0.2, -0.15) is 0 Å². The molecule has 0 aliphatic carbocycles. The Morgan fingerprint density at radius 1 is 1.08 bits per heavy atom. The Morgan fingerprint density at radius 2 is 1.75 bits per heavy atom. The molecule has 24 heavy (non-hydrogen) atoms. The highest BCUT2D eigenvalue weighted by Crippen LogP contribution is 2.25. The SMILES string of the molecule is CN1CCN(C(=O)CCN2C(=O)CCC2=O)C(c2ccccc2)C1. The number of carbonyl (C=O) groups is 3. The lowest BCUT2D eigenvalue weighted by Gasteiger charge is -2.40. The summed E-state index contributed by atoms with van der Waals surface area (Å²) in [6.45, 7) is 2.48. The number of likely N-dealkylation sites (tertiary alicyclic amines) is 1. The normalized spacial score (nSPS) is 22.3. The smallest absolute Gasteiger partial charge is 0.229 e. The van der Waals surface area contributed by atoms with Crippen LogP contribution < -0.4 is 0 Å². The van der Waals surface area contributed by atoms with E-state index in [0.29, 0.717) is 6.54 Å². The first-order valence-electron chi connectivity index (χ1n) is 8.42. The molecule has 128 valence electrons. The molecule has 0 saturated carbocycles. The van der Waals surface area contributed by atoms with E-state index in [9.17, 15) is 14.4 Å². The topological polar surface area (TPSA) is 60.9 Å². The Labute approximate surface area is 142 Å². The summed E-state index contributed by atoms with van der Waals surface area (Å²) in [7, 11) is 2.05. The van der Waals surface area contributed by atoms with Crippen LogP contribution in [-0.2, 0) is 14.4 Å². The number of amides is 3. The van der Waals surface area contributed by atoms with Gasteiger partial charge in [0.05, 0.1) is 6.04 Å². The fourth-order valence-electron chi connectivity index (χ4n) is 3.40. The van der Waals surface area contributed by atoms with E-state index in [-0.39, 0.29) is 49.6 Å². The van der Waals surface area contributed by atoms with Gasteiger partial charge >= 0.3 is 0 Å². The quantitative estimate of drug-likeness (QED) is 0.775. The first-order chi connectivity index (χ1) is 11.6. The summed E-state index contributed by atoms with van der Waals surface area (Å²) < 4.78 is 0. The van der Waals surface area contributed by atoms with Crippen LogP contribution >= 0.6 is 0 Å². The van der Waals surface area contributed by atoms with Crippen LogP contribution in [0.3, 0.4) is 0 Å². The molecule has 2 saturated heterocycles. The number of hydrogen-bond donors (Lipinski definition) is 0. The third kappa shape index (κ3) is 3.48. The lowest BCUT2D eigenvalue weighted by molar-refractivity contribution is -0.140. The van der Waals surface area contributed by atoms with Crippen LogP contribution in [0.1, 0.15) is 30.9 Å². The van der Waals surface area contributed by atoms with E-state index in [1.165, 1.54) is 4.90 Å². The van der Waals surface area contributed by atoms with Gasteiger partial charge in [0, 0.05) is 45.4 Å². The Morgan fingerprint density at radius 3 is 2.42 bits per heavy atom. The molecule has 0 N–H and O–H groups in total. The van der Waals surface area contributed by atoms with Crippen LogP contribution in [-0.4, -0.2) is 65.6 Å². The standard InChI is InChI=1S/C18H23N3O3/c1-19-11-12-20(15(13-19)14-5-3-2-4-6-14)18(24)9-10-21-16(22)7-8-17(21)23/h2-6,15H,7-13H2,1H3. The first-order valence-corrected chi connectivity index (χ1v) is 8.42. The fraction of sp³-hybridized carbons (Fsp3) is 0.500. The minimum Gasteiger partial charge on any atom is -0.333 e. The number of hydrogen-bond acceptors (Lipinski definition) is 4. The Hall–Kier alpha value is -2.21. The summed E-state index contributed by atoms with van der Waals surface area (Å²) in [5, 5.41) is 0. The number of likely N-dealkylation sites (N-methyl/N-ethyl adjacent to an activating group) is 1. The van der Waals surface area contributed by atoms with Gasteiger partial charge in [0.1, 0.15) is 0 Å². The van der Waals surface area contributed by atoms with Crippen LogP contribution in [0.2, 0.25) is 0 Å². The minimum atomic E-state index is -0.161. The molecule has 0 radical (unpaired) electrons. The number of carbonyl (C=O) groups excluding carboxylic acids is 3. The summed E-state index contributed by atoms with van der Waals surface area (Å²) in [5.74, 6) is -0.318. The van der Waals surface area contributed by atoms with Gasteiger partial charge in [-0.05, 0) is 12.6 Å². The van der Waals surface area contributed by atoms with Crippen molar-refractivity contribution in [1.29, 1.82) is 0 Å². The van der Waals surface area contributed by atoms with Gasteiger partial charge in [0.2, 0.25) is 17.7 Å². The first kappa shape index (κ1) is 16.6. The summed E-state index contributed by atoms with van der Waals surface area (Å²) in [4.78, 5) is 41.4. The van der Waals surface area contributed by atoms with E-state index >= 15 is 0 Å². The third-order valence-electron chi connectivity index (χ3n) is 4.79. The van der Waals surface area contributed by atoms with Crippen molar-refractivity contribution in [3.05, 3.63) is 35.9 Å². The van der Waals surface area contributed by atoms with E-state index in [1.807, 2.05) is 35.2 Å². The lowest BCUT2D eigenvalue weighted by Crippen LogP contribution is -2.50. The highest BCUT2D eigenvalue weighted by Gasteiger charge is 2.32. The molecule has 6 nitrogen and oxygen atoms in total. The zero-order valence-corrected chi connectivity index (χ0v) is 14.0. The number of rotatable bonds is 4. The van der Waals surface area contributed by atoms with Gasteiger partial charge < -0.3 is 9.80 Å². The van der Waals surface area contributed by atoms with Gasteiger partial charge in [-0.25, -0.2) is 0 Å². The van der Waals surface area contributed by atoms with Gasteiger partial charge in [-0.3, -0.25) is 19.3 Å². The minimum absolute atomic E-state index is 0.00412. The van der Waals surface area contributed by atoms with Crippen LogP contribution in [0.25, 0.3) is 0 Å². The van der Waals surface area contributed by atoms with E-state index in [1.54, 1.807) is 0 Å². The number of imide groups is 1. The maximum atomic E-state index is 12.7. The second-order valence-corrected chi connectivity index (χ2v) is 6.46. The van der Waals surface area contributed by atoms with Crippen molar-refractivity contribution in [2.45, 2.75) is 25.3 Å². The highest BCUT2D eigenvalue weighted by atomic mass is 16.2. The summed E-state index contributed by atoms with van der Waals surface area (Å²) in [5.41, 5.74) is 1.12. The van der Waals surface area contributed by atoms with Crippen molar-refractivity contribution in [2.24, 2.45) is 0 Å². The molecule has 1 unspecified atom stereocenters. The largest absolute Gasteiger partial charge is 0.333 e. The maximum absolute atomic E-state index is 12.7. The van der Waals surface area contributed by atoms with E-state index in [4.69, 9.17) is 0 Å². The molecule has 2 heterocycles. The number of piperazine rings is 1. The monoisotopic (exact) mass is 329 g/mol. The van der Waals surface area contributed by atoms with Crippen molar-refractivity contribution >= 4 is 17.7 Å². The molecule has 2 aliphatic heterocycles. The van der Waals surface area contributed by atoms with Gasteiger partial charge in [-0.1, -0.05) is 30.3 Å².